The summed E-state index contributed by atoms with van der Waals surface area (Å²) in [5, 5.41) is 5.57. The third-order valence-corrected chi connectivity index (χ3v) is 3.36. The summed E-state index contributed by atoms with van der Waals surface area (Å²) in [6.07, 6.45) is 0. The Morgan fingerprint density at radius 1 is 1.21 bits per heavy atom. The highest BCUT2D eigenvalue weighted by Crippen LogP contribution is 2.16. The van der Waals surface area contributed by atoms with E-state index in [0.717, 1.165) is 11.1 Å². The summed E-state index contributed by atoms with van der Waals surface area (Å²) in [6, 6.07) is 7.01. The zero-order valence-corrected chi connectivity index (χ0v) is 13.2. The molecule has 0 aliphatic rings. The number of nitrogens with one attached hydrogen (secondary N) is 1. The van der Waals surface area contributed by atoms with E-state index in [1.165, 1.54) is 6.07 Å². The molecule has 0 aliphatic carbocycles. The average molecular weight is 325 g/mol. The van der Waals surface area contributed by atoms with Crippen molar-refractivity contribution in [2.75, 3.05) is 0 Å². The quantitative estimate of drug-likeness (QED) is 0.721. The maximum atomic E-state index is 12.3. The van der Waals surface area contributed by atoms with Crippen molar-refractivity contribution in [2.24, 2.45) is 5.18 Å². The lowest BCUT2D eigenvalue weighted by Crippen LogP contribution is -2.24. The third-order valence-electron chi connectivity index (χ3n) is 3.36. The average Bonchev–Trinajstić information content (AvgIpc) is 2.91. The molecular weight excluding hydrogens is 310 g/mol. The van der Waals surface area contributed by atoms with Crippen molar-refractivity contribution in [3.8, 4) is 0 Å². The summed E-state index contributed by atoms with van der Waals surface area (Å²) >= 11 is 0. The van der Waals surface area contributed by atoms with Crippen molar-refractivity contribution >= 4 is 17.0 Å². The van der Waals surface area contributed by atoms with E-state index in [1.54, 1.807) is 13.8 Å². The Hall–Kier alpha value is -3.16. The molecule has 0 spiro atoms. The molecule has 122 valence electrons. The summed E-state index contributed by atoms with van der Waals surface area (Å²) in [5.41, 5.74) is 2.97. The zero-order chi connectivity index (χ0) is 17.1. The van der Waals surface area contributed by atoms with E-state index in [4.69, 9.17) is 4.42 Å². The molecule has 0 fully saturated rings. The van der Waals surface area contributed by atoms with Gasteiger partial charge < -0.3 is 9.73 Å². The van der Waals surface area contributed by atoms with Crippen LogP contribution in [0.1, 0.15) is 33.5 Å². The van der Waals surface area contributed by atoms with Crippen molar-refractivity contribution in [2.45, 2.75) is 26.9 Å². The fourth-order valence-electron chi connectivity index (χ4n) is 2.36. The van der Waals surface area contributed by atoms with Gasteiger partial charge in [0.1, 0.15) is 23.6 Å². The van der Waals surface area contributed by atoms with Gasteiger partial charge in [-0.2, -0.15) is 4.91 Å². The first-order chi connectivity index (χ1) is 11.5. The van der Waals surface area contributed by atoms with Crippen molar-refractivity contribution in [3.05, 3.63) is 57.8 Å². The highest BCUT2D eigenvalue weighted by molar-refractivity contribution is 5.92. The lowest BCUT2D eigenvalue weighted by Gasteiger charge is -2.06. The third kappa shape index (κ3) is 3.43. The predicted octanol–water partition coefficient (Wildman–Crippen LogP) is 2.43. The molecule has 3 aromatic rings. The molecular formula is C16H15N5O3. The number of fused-ring (bicyclic) bond motifs is 1. The number of amides is 1. The predicted molar refractivity (Wildman–Crippen MR) is 86.2 cm³/mol. The number of rotatable bonds is 5. The number of carbonyl (C=O) groups is 1. The Morgan fingerprint density at radius 2 is 2.04 bits per heavy atom. The van der Waals surface area contributed by atoms with Crippen LogP contribution in [0, 0.1) is 18.8 Å². The highest BCUT2D eigenvalue weighted by Gasteiger charge is 2.11. The summed E-state index contributed by atoms with van der Waals surface area (Å²) in [7, 11) is 0. The number of nitrogens with zero attached hydrogens (tertiary/aromatic N) is 4. The SMILES string of the molecule is Cc1nc(CN=O)cc(C(=O)NCc2ccc3oc(C)nc3c2)n1. The molecule has 2 heterocycles. The number of carbonyl (C=O) groups excluding carboxylic acids is 1. The normalized spacial score (nSPS) is 10.8. The van der Waals surface area contributed by atoms with Gasteiger partial charge in [0.2, 0.25) is 0 Å². The Morgan fingerprint density at radius 3 is 2.83 bits per heavy atom. The number of oxazole rings is 1. The van der Waals surface area contributed by atoms with Gasteiger partial charge in [-0.1, -0.05) is 11.2 Å². The molecule has 0 saturated heterocycles. The minimum atomic E-state index is -0.343. The molecule has 1 N–H and O–H groups in total. The fourth-order valence-corrected chi connectivity index (χ4v) is 2.36. The van der Waals surface area contributed by atoms with Crippen LogP contribution in [0.25, 0.3) is 11.1 Å². The van der Waals surface area contributed by atoms with Gasteiger partial charge in [0.15, 0.2) is 11.5 Å². The van der Waals surface area contributed by atoms with E-state index in [0.29, 0.717) is 29.5 Å². The van der Waals surface area contributed by atoms with Crippen molar-refractivity contribution < 1.29 is 9.21 Å². The van der Waals surface area contributed by atoms with Gasteiger partial charge in [0, 0.05) is 13.5 Å². The van der Waals surface area contributed by atoms with Crippen molar-refractivity contribution in [1.29, 1.82) is 0 Å². The molecule has 0 radical (unpaired) electrons. The molecule has 1 amide bonds. The maximum Gasteiger partial charge on any atom is 0.270 e. The van der Waals surface area contributed by atoms with E-state index in [-0.39, 0.29) is 18.1 Å². The first kappa shape index (κ1) is 15.7. The van der Waals surface area contributed by atoms with E-state index in [1.807, 2.05) is 18.2 Å². The molecule has 3 rings (SSSR count). The lowest BCUT2D eigenvalue weighted by atomic mass is 10.2. The molecule has 0 unspecified atom stereocenters. The fraction of sp³-hybridized carbons (Fsp3) is 0.250. The largest absolute Gasteiger partial charge is 0.441 e. The van der Waals surface area contributed by atoms with Crippen LogP contribution >= 0.6 is 0 Å². The molecule has 0 saturated carbocycles. The number of benzene rings is 1. The van der Waals surface area contributed by atoms with Crippen LogP contribution in [-0.4, -0.2) is 20.9 Å². The number of aromatic nitrogens is 3. The second-order valence-corrected chi connectivity index (χ2v) is 5.30. The van der Waals surface area contributed by atoms with Gasteiger partial charge in [-0.25, -0.2) is 15.0 Å². The van der Waals surface area contributed by atoms with Crippen LogP contribution in [0.15, 0.2) is 33.9 Å². The standard InChI is InChI=1S/C16H15N5O3/c1-9-19-12(8-18-23)6-14(20-9)16(22)17-7-11-3-4-15-13(5-11)21-10(2)24-15/h3-6H,7-8H2,1-2H3,(H,17,22). The Labute approximate surface area is 137 Å². The number of nitroso groups, excluding NO2 is 1. The van der Waals surface area contributed by atoms with E-state index in [9.17, 15) is 9.70 Å². The minimum absolute atomic E-state index is 0.0915. The molecule has 1 aromatic carbocycles. The molecule has 2 aromatic heterocycles. The summed E-state index contributed by atoms with van der Waals surface area (Å²) in [6.45, 7) is 3.67. The smallest absolute Gasteiger partial charge is 0.270 e. The molecule has 24 heavy (non-hydrogen) atoms. The van der Waals surface area contributed by atoms with Gasteiger partial charge in [-0.15, -0.1) is 0 Å². The Bertz CT molecular complexity index is 919. The van der Waals surface area contributed by atoms with Crippen LogP contribution < -0.4 is 5.32 Å². The van der Waals surface area contributed by atoms with Gasteiger partial charge in [0.05, 0.1) is 5.69 Å². The van der Waals surface area contributed by atoms with Crippen LogP contribution in [0.4, 0.5) is 0 Å². The molecule has 0 atom stereocenters. The van der Waals surface area contributed by atoms with Gasteiger partial charge in [0.25, 0.3) is 5.91 Å². The first-order valence-corrected chi connectivity index (χ1v) is 7.33. The minimum Gasteiger partial charge on any atom is -0.441 e. The van der Waals surface area contributed by atoms with Crippen molar-refractivity contribution in [3.63, 3.8) is 0 Å². The summed E-state index contributed by atoms with van der Waals surface area (Å²) in [5.74, 6) is 0.670. The van der Waals surface area contributed by atoms with E-state index in [2.05, 4.69) is 25.4 Å². The number of hydrogen-bond acceptors (Lipinski definition) is 7. The van der Waals surface area contributed by atoms with Gasteiger partial charge in [-0.3, -0.25) is 4.79 Å². The lowest BCUT2D eigenvalue weighted by molar-refractivity contribution is 0.0945. The number of hydrogen-bond donors (Lipinski definition) is 1. The summed E-state index contributed by atoms with van der Waals surface area (Å²) in [4.78, 5) is 35.0. The summed E-state index contributed by atoms with van der Waals surface area (Å²) < 4.78 is 5.42. The molecule has 8 nitrogen and oxygen atoms in total. The monoisotopic (exact) mass is 325 g/mol. The second kappa shape index (κ2) is 6.53. The molecule has 0 bridgehead atoms. The molecule has 0 aliphatic heterocycles. The first-order valence-electron chi connectivity index (χ1n) is 7.33. The highest BCUT2D eigenvalue weighted by atomic mass is 16.3. The van der Waals surface area contributed by atoms with Crippen molar-refractivity contribution in [1.82, 2.24) is 20.3 Å². The molecule has 8 heteroatoms. The van der Waals surface area contributed by atoms with Gasteiger partial charge in [-0.05, 0) is 30.7 Å². The Kier molecular flexibility index (Phi) is 4.28. The topological polar surface area (TPSA) is 110 Å². The maximum absolute atomic E-state index is 12.3. The van der Waals surface area contributed by atoms with Crippen LogP contribution in [0.5, 0.6) is 0 Å². The van der Waals surface area contributed by atoms with Crippen LogP contribution in [0.2, 0.25) is 0 Å². The van der Waals surface area contributed by atoms with E-state index >= 15 is 0 Å². The zero-order valence-electron chi connectivity index (χ0n) is 13.2. The Balaban J connectivity index is 1.73. The van der Waals surface area contributed by atoms with Gasteiger partial charge >= 0.3 is 0 Å². The second-order valence-electron chi connectivity index (χ2n) is 5.30. The van der Waals surface area contributed by atoms with Crippen LogP contribution in [-0.2, 0) is 13.1 Å². The van der Waals surface area contributed by atoms with Crippen LogP contribution in [0.3, 0.4) is 0 Å². The number of aryl methyl sites for hydroxylation is 2. The van der Waals surface area contributed by atoms with E-state index < -0.39 is 0 Å².